The Morgan fingerprint density at radius 3 is 2.71 bits per heavy atom. The number of hydrogen-bond donors (Lipinski definition) is 1. The highest BCUT2D eigenvalue weighted by Gasteiger charge is 2.10. The van der Waals surface area contributed by atoms with Crippen molar-refractivity contribution in [3.63, 3.8) is 0 Å². The molecule has 0 fully saturated rings. The van der Waals surface area contributed by atoms with Gasteiger partial charge in [-0.1, -0.05) is 17.7 Å². The lowest BCUT2D eigenvalue weighted by Gasteiger charge is -2.11. The Hall–Kier alpha value is -2.46. The van der Waals surface area contributed by atoms with Crippen molar-refractivity contribution < 1.29 is 9.47 Å². The topological polar surface area (TPSA) is 57.4 Å². The maximum atomic E-state index is 6.12. The van der Waals surface area contributed by atoms with Crippen molar-refractivity contribution in [2.45, 2.75) is 0 Å². The van der Waals surface area contributed by atoms with Crippen LogP contribution in [0, 0.1) is 0 Å². The van der Waals surface area contributed by atoms with Crippen LogP contribution in [0.5, 0.6) is 17.4 Å². The zero-order chi connectivity index (χ0) is 14.8. The van der Waals surface area contributed by atoms with E-state index in [4.69, 9.17) is 26.8 Å². The second-order valence-electron chi connectivity index (χ2n) is 4.46. The molecule has 21 heavy (non-hydrogen) atoms. The molecule has 106 valence electrons. The predicted octanol–water partition coefficient (Wildman–Crippen LogP) is 4.27. The third kappa shape index (κ3) is 2.58. The third-order valence-electron chi connectivity index (χ3n) is 3.11. The van der Waals surface area contributed by atoms with Crippen LogP contribution in [0.15, 0.2) is 48.7 Å². The molecular weight excluding hydrogens is 288 g/mol. The van der Waals surface area contributed by atoms with E-state index in [1.165, 1.54) is 0 Å². The van der Waals surface area contributed by atoms with Gasteiger partial charge in [0.15, 0.2) is 0 Å². The van der Waals surface area contributed by atoms with Crippen LogP contribution in [0.4, 0.5) is 5.69 Å². The van der Waals surface area contributed by atoms with Crippen molar-refractivity contribution in [2.75, 3.05) is 12.8 Å². The molecule has 5 heteroatoms. The first-order chi connectivity index (χ1) is 10.2. The van der Waals surface area contributed by atoms with E-state index in [1.807, 2.05) is 24.3 Å². The first-order valence-corrected chi connectivity index (χ1v) is 6.71. The number of hydrogen-bond acceptors (Lipinski definition) is 4. The second kappa shape index (κ2) is 5.50. The number of nitrogen functional groups attached to an aromatic ring is 1. The molecule has 0 spiro atoms. The first kappa shape index (κ1) is 13.5. The number of aromatic nitrogens is 1. The van der Waals surface area contributed by atoms with Crippen LogP contribution in [-0.4, -0.2) is 12.1 Å². The van der Waals surface area contributed by atoms with Crippen molar-refractivity contribution in [3.05, 3.63) is 53.7 Å². The summed E-state index contributed by atoms with van der Waals surface area (Å²) in [6.07, 6.45) is 1.67. The average molecular weight is 301 g/mol. The Kier molecular flexibility index (Phi) is 3.54. The summed E-state index contributed by atoms with van der Waals surface area (Å²) in [5.41, 5.74) is 6.34. The quantitative estimate of drug-likeness (QED) is 0.734. The number of methoxy groups -OCH3 is 1. The highest BCUT2D eigenvalue weighted by Crippen LogP contribution is 2.35. The lowest BCUT2D eigenvalue weighted by Crippen LogP contribution is -1.93. The highest BCUT2D eigenvalue weighted by atomic mass is 35.5. The average Bonchev–Trinajstić information content (AvgIpc) is 2.50. The van der Waals surface area contributed by atoms with Crippen LogP contribution in [0.1, 0.15) is 0 Å². The van der Waals surface area contributed by atoms with Gasteiger partial charge in [0.2, 0.25) is 5.88 Å². The molecule has 0 atom stereocenters. The Bertz CT molecular complexity index is 805. The lowest BCUT2D eigenvalue weighted by atomic mass is 10.1. The Morgan fingerprint density at radius 2 is 1.90 bits per heavy atom. The maximum absolute atomic E-state index is 6.12. The van der Waals surface area contributed by atoms with Crippen LogP contribution in [-0.2, 0) is 0 Å². The first-order valence-electron chi connectivity index (χ1n) is 6.33. The van der Waals surface area contributed by atoms with E-state index in [1.54, 1.807) is 31.5 Å². The molecule has 3 aromatic rings. The number of anilines is 1. The van der Waals surface area contributed by atoms with Gasteiger partial charge >= 0.3 is 0 Å². The molecule has 0 aliphatic carbocycles. The van der Waals surface area contributed by atoms with E-state index in [-0.39, 0.29) is 0 Å². The fourth-order valence-electron chi connectivity index (χ4n) is 2.11. The molecule has 0 aliphatic rings. The summed E-state index contributed by atoms with van der Waals surface area (Å²) in [4.78, 5) is 4.27. The molecule has 0 saturated carbocycles. The monoisotopic (exact) mass is 300 g/mol. The normalized spacial score (nSPS) is 10.6. The summed E-state index contributed by atoms with van der Waals surface area (Å²) >= 11 is 6.12. The Labute approximate surface area is 127 Å². The maximum Gasteiger partial charge on any atom is 0.227 e. The summed E-state index contributed by atoms with van der Waals surface area (Å²) in [6, 6.07) is 12.6. The van der Waals surface area contributed by atoms with Gasteiger partial charge in [0, 0.05) is 28.7 Å². The molecule has 0 aliphatic heterocycles. The molecule has 4 nitrogen and oxygen atoms in total. The molecule has 0 unspecified atom stereocenters. The molecule has 0 saturated heterocycles. The van der Waals surface area contributed by atoms with Gasteiger partial charge in [0.25, 0.3) is 0 Å². The Balaban J connectivity index is 2.11. The minimum Gasteiger partial charge on any atom is -0.496 e. The fraction of sp³-hybridized carbons (Fsp3) is 0.0625. The standard InChI is InChI=1S/C16H13ClN2O2/c1-20-14-4-2-3-12-11(14)7-8-19-16(12)21-15-9-10(18)5-6-13(15)17/h2-9H,18H2,1H3. The fourth-order valence-corrected chi connectivity index (χ4v) is 2.27. The summed E-state index contributed by atoms with van der Waals surface area (Å²) in [5, 5.41) is 2.24. The van der Waals surface area contributed by atoms with Gasteiger partial charge in [-0.3, -0.25) is 0 Å². The minimum atomic E-state index is 0.457. The predicted molar refractivity (Wildman–Crippen MR) is 84.2 cm³/mol. The van der Waals surface area contributed by atoms with Crippen LogP contribution in [0.2, 0.25) is 5.02 Å². The number of fused-ring (bicyclic) bond motifs is 1. The van der Waals surface area contributed by atoms with E-state index in [0.29, 0.717) is 22.3 Å². The molecule has 1 heterocycles. The summed E-state index contributed by atoms with van der Waals surface area (Å²) in [5.74, 6) is 1.69. The number of nitrogens with two attached hydrogens (primary N) is 1. The van der Waals surface area contributed by atoms with Crippen molar-refractivity contribution in [1.29, 1.82) is 0 Å². The van der Waals surface area contributed by atoms with Crippen molar-refractivity contribution in [3.8, 4) is 17.4 Å². The molecular formula is C16H13ClN2O2. The van der Waals surface area contributed by atoms with Crippen molar-refractivity contribution in [1.82, 2.24) is 4.98 Å². The van der Waals surface area contributed by atoms with E-state index >= 15 is 0 Å². The van der Waals surface area contributed by atoms with E-state index in [0.717, 1.165) is 16.5 Å². The zero-order valence-electron chi connectivity index (χ0n) is 11.3. The molecule has 0 radical (unpaired) electrons. The van der Waals surface area contributed by atoms with Crippen molar-refractivity contribution in [2.24, 2.45) is 0 Å². The number of rotatable bonds is 3. The number of pyridine rings is 1. The number of nitrogens with zero attached hydrogens (tertiary/aromatic N) is 1. The third-order valence-corrected chi connectivity index (χ3v) is 3.42. The lowest BCUT2D eigenvalue weighted by molar-refractivity contribution is 0.419. The SMILES string of the molecule is COc1cccc2c(Oc3cc(N)ccc3Cl)nccc12. The summed E-state index contributed by atoms with van der Waals surface area (Å²) < 4.78 is 11.2. The smallest absolute Gasteiger partial charge is 0.227 e. The second-order valence-corrected chi connectivity index (χ2v) is 4.87. The van der Waals surface area contributed by atoms with Gasteiger partial charge in [-0.2, -0.15) is 0 Å². The molecule has 2 N–H and O–H groups in total. The molecule has 0 amide bonds. The summed E-state index contributed by atoms with van der Waals surface area (Å²) in [6.45, 7) is 0. The van der Waals surface area contributed by atoms with Crippen LogP contribution >= 0.6 is 11.6 Å². The van der Waals surface area contributed by atoms with E-state index in [2.05, 4.69) is 4.98 Å². The zero-order valence-corrected chi connectivity index (χ0v) is 12.1. The van der Waals surface area contributed by atoms with Crippen LogP contribution in [0.25, 0.3) is 10.8 Å². The van der Waals surface area contributed by atoms with Gasteiger partial charge in [-0.25, -0.2) is 4.98 Å². The van der Waals surface area contributed by atoms with Gasteiger partial charge in [-0.15, -0.1) is 0 Å². The number of halogens is 1. The van der Waals surface area contributed by atoms with E-state index < -0.39 is 0 Å². The molecule has 0 bridgehead atoms. The molecule has 3 rings (SSSR count). The Morgan fingerprint density at radius 1 is 1.05 bits per heavy atom. The van der Waals surface area contributed by atoms with E-state index in [9.17, 15) is 0 Å². The summed E-state index contributed by atoms with van der Waals surface area (Å²) in [7, 11) is 1.63. The molecule has 1 aromatic heterocycles. The van der Waals surface area contributed by atoms with Crippen molar-refractivity contribution >= 4 is 28.1 Å². The van der Waals surface area contributed by atoms with Gasteiger partial charge < -0.3 is 15.2 Å². The van der Waals surface area contributed by atoms with Gasteiger partial charge in [0.1, 0.15) is 11.5 Å². The largest absolute Gasteiger partial charge is 0.496 e. The highest BCUT2D eigenvalue weighted by molar-refractivity contribution is 6.32. The van der Waals surface area contributed by atoms with Crippen LogP contribution < -0.4 is 15.2 Å². The number of ether oxygens (including phenoxy) is 2. The van der Waals surface area contributed by atoms with Gasteiger partial charge in [-0.05, 0) is 30.3 Å². The van der Waals surface area contributed by atoms with Gasteiger partial charge in [0.05, 0.1) is 12.1 Å². The molecule has 2 aromatic carbocycles. The number of benzene rings is 2. The van der Waals surface area contributed by atoms with Crippen LogP contribution in [0.3, 0.4) is 0 Å². The minimum absolute atomic E-state index is 0.457.